The molecule has 0 saturated carbocycles. The van der Waals surface area contributed by atoms with Gasteiger partial charge in [-0.2, -0.15) is 5.10 Å². The zero-order valence-corrected chi connectivity index (χ0v) is 14.5. The van der Waals surface area contributed by atoms with Crippen LogP contribution in [0.2, 0.25) is 0 Å². The third-order valence-corrected chi connectivity index (χ3v) is 4.15. The molecule has 0 aromatic carbocycles. The Labute approximate surface area is 135 Å². The second-order valence-corrected chi connectivity index (χ2v) is 6.18. The summed E-state index contributed by atoms with van der Waals surface area (Å²) in [6.45, 7) is 7.39. The number of halogens is 1. The highest BCUT2D eigenvalue weighted by Gasteiger charge is 2.15. The summed E-state index contributed by atoms with van der Waals surface area (Å²) in [6.07, 6.45) is 5.86. The standard InChI is InChI=1S/C16H23BrN4/c1-4-12(3)21-9-8-14(20-21)10-16(18-5-2)15-7-6-13(17)11-19-15/h6-9,11-12,16,18H,4-5,10H2,1-3H3. The molecule has 0 aliphatic rings. The second-order valence-electron chi connectivity index (χ2n) is 5.26. The van der Waals surface area contributed by atoms with Crippen molar-refractivity contribution in [2.75, 3.05) is 6.54 Å². The minimum absolute atomic E-state index is 0.198. The van der Waals surface area contributed by atoms with Gasteiger partial charge in [0.15, 0.2) is 0 Å². The fraction of sp³-hybridized carbons (Fsp3) is 0.500. The molecule has 2 heterocycles. The summed E-state index contributed by atoms with van der Waals surface area (Å²) in [7, 11) is 0. The molecule has 21 heavy (non-hydrogen) atoms. The normalized spacial score (nSPS) is 14.1. The van der Waals surface area contributed by atoms with Gasteiger partial charge < -0.3 is 5.32 Å². The predicted octanol–water partition coefficient (Wildman–Crippen LogP) is 3.90. The van der Waals surface area contributed by atoms with Gasteiger partial charge in [-0.3, -0.25) is 9.67 Å². The maximum absolute atomic E-state index is 4.69. The number of aromatic nitrogens is 3. The first-order valence-corrected chi connectivity index (χ1v) is 8.32. The Morgan fingerprint density at radius 2 is 2.10 bits per heavy atom. The number of nitrogens with one attached hydrogen (secondary N) is 1. The first-order chi connectivity index (χ1) is 10.1. The second kappa shape index (κ2) is 7.71. The third-order valence-electron chi connectivity index (χ3n) is 3.68. The van der Waals surface area contributed by atoms with Crippen LogP contribution in [-0.2, 0) is 6.42 Å². The molecular weight excluding hydrogens is 328 g/mol. The number of likely N-dealkylation sites (N-methyl/N-ethyl adjacent to an activating group) is 1. The zero-order chi connectivity index (χ0) is 15.2. The van der Waals surface area contributed by atoms with E-state index in [-0.39, 0.29) is 6.04 Å². The Morgan fingerprint density at radius 1 is 1.29 bits per heavy atom. The number of hydrogen-bond donors (Lipinski definition) is 1. The lowest BCUT2D eigenvalue weighted by molar-refractivity contribution is 0.465. The topological polar surface area (TPSA) is 42.7 Å². The molecular formula is C16H23BrN4. The van der Waals surface area contributed by atoms with E-state index < -0.39 is 0 Å². The van der Waals surface area contributed by atoms with Crippen molar-refractivity contribution in [3.63, 3.8) is 0 Å². The van der Waals surface area contributed by atoms with Gasteiger partial charge in [-0.25, -0.2) is 0 Å². The Balaban J connectivity index is 2.12. The maximum atomic E-state index is 4.69. The van der Waals surface area contributed by atoms with E-state index in [0.29, 0.717) is 6.04 Å². The predicted molar refractivity (Wildman–Crippen MR) is 89.3 cm³/mol. The van der Waals surface area contributed by atoms with Gasteiger partial charge in [0.05, 0.1) is 17.4 Å². The van der Waals surface area contributed by atoms with E-state index in [1.807, 2.05) is 16.9 Å². The lowest BCUT2D eigenvalue weighted by Gasteiger charge is -2.16. The van der Waals surface area contributed by atoms with Crippen LogP contribution in [0.5, 0.6) is 0 Å². The van der Waals surface area contributed by atoms with Crippen LogP contribution in [0.4, 0.5) is 0 Å². The molecule has 0 saturated heterocycles. The zero-order valence-electron chi connectivity index (χ0n) is 12.9. The quantitative estimate of drug-likeness (QED) is 0.823. The Bertz CT molecular complexity index is 550. The molecule has 0 bridgehead atoms. The molecule has 0 radical (unpaired) electrons. The van der Waals surface area contributed by atoms with Crippen LogP contribution in [0.15, 0.2) is 35.1 Å². The van der Waals surface area contributed by atoms with Gasteiger partial charge in [-0.15, -0.1) is 0 Å². The molecule has 0 aliphatic carbocycles. The van der Waals surface area contributed by atoms with Crippen LogP contribution >= 0.6 is 15.9 Å². The summed E-state index contributed by atoms with van der Waals surface area (Å²) in [6, 6.07) is 6.84. The molecule has 114 valence electrons. The monoisotopic (exact) mass is 350 g/mol. The molecule has 2 aromatic rings. The molecule has 2 unspecified atom stereocenters. The number of hydrogen-bond acceptors (Lipinski definition) is 3. The molecule has 1 N–H and O–H groups in total. The van der Waals surface area contributed by atoms with Crippen LogP contribution in [-0.4, -0.2) is 21.3 Å². The molecule has 2 aromatic heterocycles. The minimum atomic E-state index is 0.198. The van der Waals surface area contributed by atoms with Crippen molar-refractivity contribution in [3.8, 4) is 0 Å². The van der Waals surface area contributed by atoms with Crippen LogP contribution in [0.25, 0.3) is 0 Å². The van der Waals surface area contributed by atoms with E-state index in [1.165, 1.54) is 0 Å². The van der Waals surface area contributed by atoms with E-state index >= 15 is 0 Å². The summed E-state index contributed by atoms with van der Waals surface area (Å²) in [5.41, 5.74) is 2.16. The van der Waals surface area contributed by atoms with Gasteiger partial charge in [-0.05, 0) is 54.0 Å². The molecule has 0 fully saturated rings. The molecule has 0 amide bonds. The van der Waals surface area contributed by atoms with Crippen molar-refractivity contribution in [2.45, 2.75) is 45.7 Å². The SMILES string of the molecule is CCNC(Cc1ccn(C(C)CC)n1)c1ccc(Br)cn1. The van der Waals surface area contributed by atoms with Crippen molar-refractivity contribution in [1.82, 2.24) is 20.1 Å². The number of rotatable bonds is 7. The molecule has 0 spiro atoms. The van der Waals surface area contributed by atoms with E-state index in [2.05, 4.69) is 70.4 Å². The molecule has 5 heteroatoms. The van der Waals surface area contributed by atoms with Gasteiger partial charge in [0.25, 0.3) is 0 Å². The average molecular weight is 351 g/mol. The highest BCUT2D eigenvalue weighted by molar-refractivity contribution is 9.10. The lowest BCUT2D eigenvalue weighted by Crippen LogP contribution is -2.24. The van der Waals surface area contributed by atoms with Gasteiger partial charge >= 0.3 is 0 Å². The Kier molecular flexibility index (Phi) is 5.94. The van der Waals surface area contributed by atoms with Crippen LogP contribution in [0.1, 0.15) is 50.7 Å². The van der Waals surface area contributed by atoms with E-state index in [1.54, 1.807) is 0 Å². The summed E-state index contributed by atoms with van der Waals surface area (Å²) >= 11 is 3.43. The van der Waals surface area contributed by atoms with E-state index in [9.17, 15) is 0 Å². The summed E-state index contributed by atoms with van der Waals surface area (Å²) in [5, 5.41) is 8.18. The van der Waals surface area contributed by atoms with Gasteiger partial charge in [0.1, 0.15) is 0 Å². The van der Waals surface area contributed by atoms with Crippen molar-refractivity contribution < 1.29 is 0 Å². The van der Waals surface area contributed by atoms with Crippen LogP contribution in [0, 0.1) is 0 Å². The van der Waals surface area contributed by atoms with Gasteiger partial charge in [0.2, 0.25) is 0 Å². The van der Waals surface area contributed by atoms with Crippen LogP contribution < -0.4 is 5.32 Å². The van der Waals surface area contributed by atoms with Gasteiger partial charge in [0, 0.05) is 29.3 Å². The first kappa shape index (κ1) is 16.2. The van der Waals surface area contributed by atoms with E-state index in [0.717, 1.165) is 35.2 Å². The third kappa shape index (κ3) is 4.38. The minimum Gasteiger partial charge on any atom is -0.309 e. The fourth-order valence-electron chi connectivity index (χ4n) is 2.25. The number of nitrogens with zero attached hydrogens (tertiary/aromatic N) is 3. The highest BCUT2D eigenvalue weighted by atomic mass is 79.9. The summed E-state index contributed by atoms with van der Waals surface area (Å²) in [4.78, 5) is 4.51. The lowest BCUT2D eigenvalue weighted by atomic mass is 10.1. The largest absolute Gasteiger partial charge is 0.309 e. The molecule has 0 aliphatic heterocycles. The summed E-state index contributed by atoms with van der Waals surface area (Å²) < 4.78 is 3.05. The van der Waals surface area contributed by atoms with Crippen molar-refractivity contribution in [3.05, 3.63) is 46.5 Å². The molecule has 4 nitrogen and oxygen atoms in total. The Hall–Kier alpha value is -1.20. The van der Waals surface area contributed by atoms with Crippen molar-refractivity contribution in [2.24, 2.45) is 0 Å². The van der Waals surface area contributed by atoms with E-state index in [4.69, 9.17) is 0 Å². The highest BCUT2D eigenvalue weighted by Crippen LogP contribution is 2.18. The smallest absolute Gasteiger partial charge is 0.0644 e. The van der Waals surface area contributed by atoms with Crippen LogP contribution in [0.3, 0.4) is 0 Å². The molecule has 2 rings (SSSR count). The summed E-state index contributed by atoms with van der Waals surface area (Å²) in [5.74, 6) is 0. The first-order valence-electron chi connectivity index (χ1n) is 7.52. The number of pyridine rings is 1. The maximum Gasteiger partial charge on any atom is 0.0644 e. The average Bonchev–Trinajstić information content (AvgIpc) is 2.95. The fourth-order valence-corrected chi connectivity index (χ4v) is 2.48. The van der Waals surface area contributed by atoms with Gasteiger partial charge in [-0.1, -0.05) is 13.8 Å². The van der Waals surface area contributed by atoms with Crippen molar-refractivity contribution in [1.29, 1.82) is 0 Å². The van der Waals surface area contributed by atoms with Crippen molar-refractivity contribution >= 4 is 15.9 Å². The Morgan fingerprint density at radius 3 is 2.71 bits per heavy atom. The molecule has 2 atom stereocenters.